The van der Waals surface area contributed by atoms with E-state index in [4.69, 9.17) is 5.73 Å². The standard InChI is InChI=1S/C13H16FN5O2/c1-13(2,3)11-12(15)16-17-18(11)7-8-5-4-6-9(10(8)14)19(20)21/h4-6H,7,15H2,1-3H3. The number of halogens is 1. The van der Waals surface area contributed by atoms with Gasteiger partial charge in [-0.1, -0.05) is 38.1 Å². The smallest absolute Gasteiger partial charge is 0.305 e. The van der Waals surface area contributed by atoms with Crippen molar-refractivity contribution < 1.29 is 9.31 Å². The third kappa shape index (κ3) is 2.83. The molecule has 0 amide bonds. The summed E-state index contributed by atoms with van der Waals surface area (Å²) >= 11 is 0. The van der Waals surface area contributed by atoms with E-state index in [1.54, 1.807) is 0 Å². The molecule has 0 radical (unpaired) electrons. The largest absolute Gasteiger partial charge is 0.381 e. The molecule has 7 nitrogen and oxygen atoms in total. The predicted octanol–water partition coefficient (Wildman–Crippen LogP) is 2.25. The number of anilines is 1. The van der Waals surface area contributed by atoms with Crippen LogP contribution < -0.4 is 5.73 Å². The zero-order valence-corrected chi connectivity index (χ0v) is 12.0. The first-order chi connectivity index (χ1) is 9.71. The predicted molar refractivity (Wildman–Crippen MR) is 75.3 cm³/mol. The van der Waals surface area contributed by atoms with Crippen LogP contribution >= 0.6 is 0 Å². The Balaban J connectivity index is 2.45. The molecule has 1 heterocycles. The molecule has 0 saturated carbocycles. The van der Waals surface area contributed by atoms with Crippen molar-refractivity contribution >= 4 is 11.5 Å². The third-order valence-electron chi connectivity index (χ3n) is 3.05. The fraction of sp³-hybridized carbons (Fsp3) is 0.385. The number of nitrogen functional groups attached to an aromatic ring is 1. The van der Waals surface area contributed by atoms with E-state index in [-0.39, 0.29) is 23.3 Å². The lowest BCUT2D eigenvalue weighted by atomic mass is 9.91. The SMILES string of the molecule is CC(C)(C)c1c(N)nnn1Cc1cccc([N+](=O)[O-])c1F. The van der Waals surface area contributed by atoms with Gasteiger partial charge in [-0.2, -0.15) is 4.39 Å². The maximum Gasteiger partial charge on any atom is 0.305 e. The van der Waals surface area contributed by atoms with Crippen LogP contribution in [0.25, 0.3) is 0 Å². The number of nitrogens with two attached hydrogens (primary N) is 1. The Labute approximate surface area is 120 Å². The number of benzene rings is 1. The second-order valence-electron chi connectivity index (χ2n) is 5.74. The number of nitrogens with zero attached hydrogens (tertiary/aromatic N) is 4. The maximum atomic E-state index is 14.1. The van der Waals surface area contributed by atoms with Crippen LogP contribution in [-0.2, 0) is 12.0 Å². The normalized spacial score (nSPS) is 11.6. The van der Waals surface area contributed by atoms with Gasteiger partial charge >= 0.3 is 5.69 Å². The monoisotopic (exact) mass is 293 g/mol. The van der Waals surface area contributed by atoms with Gasteiger partial charge in [0.15, 0.2) is 5.82 Å². The fourth-order valence-electron chi connectivity index (χ4n) is 2.20. The van der Waals surface area contributed by atoms with Crippen LogP contribution in [0.4, 0.5) is 15.9 Å². The molecule has 1 aromatic heterocycles. The van der Waals surface area contributed by atoms with Crippen molar-refractivity contribution in [1.29, 1.82) is 0 Å². The van der Waals surface area contributed by atoms with Gasteiger partial charge in [-0.15, -0.1) is 5.10 Å². The van der Waals surface area contributed by atoms with E-state index in [1.807, 2.05) is 20.8 Å². The zero-order valence-electron chi connectivity index (χ0n) is 12.0. The lowest BCUT2D eigenvalue weighted by Crippen LogP contribution is -2.21. The minimum absolute atomic E-state index is 0.0321. The average Bonchev–Trinajstić information content (AvgIpc) is 2.72. The summed E-state index contributed by atoms with van der Waals surface area (Å²) in [6, 6.07) is 4.04. The number of hydrogen-bond acceptors (Lipinski definition) is 5. The van der Waals surface area contributed by atoms with Crippen LogP contribution in [0.1, 0.15) is 32.0 Å². The van der Waals surface area contributed by atoms with Crippen molar-refractivity contribution in [3.63, 3.8) is 0 Å². The van der Waals surface area contributed by atoms with Crippen LogP contribution in [0.15, 0.2) is 18.2 Å². The number of nitro groups is 1. The Kier molecular flexibility index (Phi) is 3.63. The molecule has 0 bridgehead atoms. The van der Waals surface area contributed by atoms with E-state index in [1.165, 1.54) is 16.8 Å². The summed E-state index contributed by atoms with van der Waals surface area (Å²) in [5, 5.41) is 18.5. The fourth-order valence-corrected chi connectivity index (χ4v) is 2.20. The molecule has 2 rings (SSSR count). The van der Waals surface area contributed by atoms with Crippen LogP contribution in [-0.4, -0.2) is 19.9 Å². The topological polar surface area (TPSA) is 99.9 Å². The molecule has 0 saturated heterocycles. The highest BCUT2D eigenvalue weighted by Gasteiger charge is 2.25. The summed E-state index contributed by atoms with van der Waals surface area (Å²) in [4.78, 5) is 10.0. The quantitative estimate of drug-likeness (QED) is 0.691. The van der Waals surface area contributed by atoms with E-state index in [0.717, 1.165) is 6.07 Å². The van der Waals surface area contributed by atoms with Crippen molar-refractivity contribution in [2.24, 2.45) is 0 Å². The Morgan fingerprint density at radius 3 is 2.67 bits per heavy atom. The van der Waals surface area contributed by atoms with Crippen molar-refractivity contribution in [2.75, 3.05) is 5.73 Å². The molecular weight excluding hydrogens is 277 g/mol. The molecule has 0 aliphatic rings. The van der Waals surface area contributed by atoms with Gasteiger partial charge in [0.1, 0.15) is 0 Å². The number of nitro benzene ring substituents is 1. The number of hydrogen-bond donors (Lipinski definition) is 1. The van der Waals surface area contributed by atoms with Crippen LogP contribution in [0.3, 0.4) is 0 Å². The highest BCUT2D eigenvalue weighted by atomic mass is 19.1. The molecular formula is C13H16FN5O2. The minimum atomic E-state index is -0.864. The summed E-state index contributed by atoms with van der Waals surface area (Å²) in [6.07, 6.45) is 0. The van der Waals surface area contributed by atoms with Crippen LogP contribution in [0.5, 0.6) is 0 Å². The molecule has 0 fully saturated rings. The highest BCUT2D eigenvalue weighted by molar-refractivity contribution is 5.40. The molecule has 2 aromatic rings. The lowest BCUT2D eigenvalue weighted by molar-refractivity contribution is -0.387. The summed E-state index contributed by atoms with van der Waals surface area (Å²) in [6.45, 7) is 5.83. The third-order valence-corrected chi connectivity index (χ3v) is 3.05. The van der Waals surface area contributed by atoms with Gasteiger partial charge in [0, 0.05) is 17.0 Å². The number of aromatic nitrogens is 3. The molecule has 0 atom stereocenters. The van der Waals surface area contributed by atoms with Gasteiger partial charge in [-0.25, -0.2) is 4.68 Å². The van der Waals surface area contributed by atoms with Crippen molar-refractivity contribution in [2.45, 2.75) is 32.7 Å². The lowest BCUT2D eigenvalue weighted by Gasteiger charge is -2.20. The highest BCUT2D eigenvalue weighted by Crippen LogP contribution is 2.27. The van der Waals surface area contributed by atoms with E-state index >= 15 is 0 Å². The van der Waals surface area contributed by atoms with Gasteiger partial charge in [0.05, 0.1) is 17.2 Å². The van der Waals surface area contributed by atoms with E-state index < -0.39 is 16.4 Å². The number of rotatable bonds is 3. The average molecular weight is 293 g/mol. The van der Waals surface area contributed by atoms with Gasteiger partial charge < -0.3 is 5.73 Å². The molecule has 21 heavy (non-hydrogen) atoms. The van der Waals surface area contributed by atoms with Gasteiger partial charge in [-0.3, -0.25) is 10.1 Å². The molecule has 2 N–H and O–H groups in total. The second kappa shape index (κ2) is 5.12. The Bertz CT molecular complexity index is 690. The Morgan fingerprint density at radius 1 is 1.43 bits per heavy atom. The molecule has 0 spiro atoms. The van der Waals surface area contributed by atoms with Gasteiger partial charge in [0.2, 0.25) is 5.82 Å². The zero-order chi connectivity index (χ0) is 15.8. The molecule has 0 aliphatic heterocycles. The van der Waals surface area contributed by atoms with Crippen LogP contribution in [0, 0.1) is 15.9 Å². The Hall–Kier alpha value is -2.51. The summed E-state index contributed by atoms with van der Waals surface area (Å²) < 4.78 is 15.6. The van der Waals surface area contributed by atoms with E-state index in [2.05, 4.69) is 10.3 Å². The first-order valence-electron chi connectivity index (χ1n) is 6.33. The minimum Gasteiger partial charge on any atom is -0.381 e. The van der Waals surface area contributed by atoms with Crippen molar-refractivity contribution in [1.82, 2.24) is 15.0 Å². The van der Waals surface area contributed by atoms with Gasteiger partial charge in [-0.05, 0) is 0 Å². The van der Waals surface area contributed by atoms with Gasteiger partial charge in [0.25, 0.3) is 0 Å². The summed E-state index contributed by atoms with van der Waals surface area (Å²) in [5.74, 6) is -0.593. The van der Waals surface area contributed by atoms with E-state index in [0.29, 0.717) is 5.69 Å². The first-order valence-corrected chi connectivity index (χ1v) is 6.33. The van der Waals surface area contributed by atoms with E-state index in [9.17, 15) is 14.5 Å². The van der Waals surface area contributed by atoms with Crippen molar-refractivity contribution in [3.05, 3.63) is 45.4 Å². The Morgan fingerprint density at radius 2 is 2.10 bits per heavy atom. The second-order valence-corrected chi connectivity index (χ2v) is 5.74. The van der Waals surface area contributed by atoms with Crippen molar-refractivity contribution in [3.8, 4) is 0 Å². The summed E-state index contributed by atoms with van der Waals surface area (Å²) in [7, 11) is 0. The molecule has 0 unspecified atom stereocenters. The maximum absolute atomic E-state index is 14.1. The molecule has 8 heteroatoms. The summed E-state index contributed by atoms with van der Waals surface area (Å²) in [5.41, 5.74) is 5.74. The first kappa shape index (κ1) is 14.9. The molecule has 0 aliphatic carbocycles. The van der Waals surface area contributed by atoms with Crippen LogP contribution in [0.2, 0.25) is 0 Å². The molecule has 1 aromatic carbocycles. The molecule has 112 valence electrons.